The lowest BCUT2D eigenvalue weighted by Crippen LogP contribution is -2.49. The van der Waals surface area contributed by atoms with Crippen molar-refractivity contribution in [1.29, 1.82) is 0 Å². The summed E-state index contributed by atoms with van der Waals surface area (Å²) in [7, 11) is 3.46. The van der Waals surface area contributed by atoms with Gasteiger partial charge >= 0.3 is 6.03 Å². The van der Waals surface area contributed by atoms with Crippen LogP contribution in [0.1, 0.15) is 37.0 Å². The summed E-state index contributed by atoms with van der Waals surface area (Å²) < 4.78 is 0. The quantitative estimate of drug-likeness (QED) is 0.868. The van der Waals surface area contributed by atoms with Crippen molar-refractivity contribution in [3.05, 3.63) is 22.4 Å². The van der Waals surface area contributed by atoms with Crippen molar-refractivity contribution in [3.8, 4) is 0 Å². The number of piperidine rings is 1. The van der Waals surface area contributed by atoms with E-state index >= 15 is 0 Å². The van der Waals surface area contributed by atoms with E-state index in [1.165, 1.54) is 11.3 Å². The van der Waals surface area contributed by atoms with Crippen LogP contribution in [0.2, 0.25) is 0 Å². The summed E-state index contributed by atoms with van der Waals surface area (Å²) >= 11 is 1.78. The molecule has 1 atom stereocenters. The van der Waals surface area contributed by atoms with Gasteiger partial charge in [-0.05, 0) is 43.6 Å². The van der Waals surface area contributed by atoms with E-state index in [0.29, 0.717) is 19.0 Å². The first-order valence-corrected chi connectivity index (χ1v) is 9.23. The second-order valence-electron chi connectivity index (χ2n) is 6.23. The minimum atomic E-state index is -0.0209. The topological polar surface area (TPSA) is 52.7 Å². The standard InChI is InChI=1S/C17H27N3O2S/c1-19(2)16(21)10-11-18-17(22)20-12-4-3-6-14(20)8-9-15-7-5-13-23-15/h5,7,13-14H,3-4,6,8-12H2,1-2H3,(H,18,22). The zero-order valence-electron chi connectivity index (χ0n) is 14.1. The molecule has 3 amide bonds. The van der Waals surface area contributed by atoms with Crippen molar-refractivity contribution in [2.45, 2.75) is 44.6 Å². The monoisotopic (exact) mass is 337 g/mol. The first-order valence-electron chi connectivity index (χ1n) is 8.35. The molecular formula is C17H27N3O2S. The van der Waals surface area contributed by atoms with Gasteiger partial charge in [-0.1, -0.05) is 6.07 Å². The van der Waals surface area contributed by atoms with Crippen LogP contribution in [0.5, 0.6) is 0 Å². The first-order chi connectivity index (χ1) is 11.1. The maximum absolute atomic E-state index is 12.4. The molecule has 23 heavy (non-hydrogen) atoms. The molecule has 1 aromatic heterocycles. The number of likely N-dealkylation sites (tertiary alicyclic amines) is 1. The van der Waals surface area contributed by atoms with Gasteiger partial charge in [0.1, 0.15) is 0 Å². The normalized spacial score (nSPS) is 17.8. The summed E-state index contributed by atoms with van der Waals surface area (Å²) in [6.07, 6.45) is 5.75. The fourth-order valence-corrected chi connectivity index (χ4v) is 3.66. The van der Waals surface area contributed by atoms with E-state index in [1.54, 1.807) is 30.3 Å². The number of amides is 3. The number of rotatable bonds is 6. The van der Waals surface area contributed by atoms with Gasteiger partial charge in [0.05, 0.1) is 0 Å². The summed E-state index contributed by atoms with van der Waals surface area (Å²) in [4.78, 5) is 28.9. The van der Waals surface area contributed by atoms with E-state index in [9.17, 15) is 9.59 Å². The van der Waals surface area contributed by atoms with Crippen molar-refractivity contribution < 1.29 is 9.59 Å². The number of hydrogen-bond donors (Lipinski definition) is 1. The second-order valence-corrected chi connectivity index (χ2v) is 7.26. The van der Waals surface area contributed by atoms with Crippen molar-refractivity contribution in [2.24, 2.45) is 0 Å². The van der Waals surface area contributed by atoms with Crippen molar-refractivity contribution in [2.75, 3.05) is 27.2 Å². The Labute approximate surface area is 142 Å². The number of urea groups is 1. The van der Waals surface area contributed by atoms with Crippen LogP contribution in [-0.2, 0) is 11.2 Å². The predicted octanol–water partition coefficient (Wildman–Crippen LogP) is 2.72. The first kappa shape index (κ1) is 17.8. The van der Waals surface area contributed by atoms with E-state index in [4.69, 9.17) is 0 Å². The maximum atomic E-state index is 12.4. The maximum Gasteiger partial charge on any atom is 0.317 e. The van der Waals surface area contributed by atoms with Gasteiger partial charge in [-0.3, -0.25) is 4.79 Å². The molecule has 5 nitrogen and oxygen atoms in total. The summed E-state index contributed by atoms with van der Waals surface area (Å²) in [5.41, 5.74) is 0. The van der Waals surface area contributed by atoms with Crippen LogP contribution in [-0.4, -0.2) is 55.0 Å². The fourth-order valence-electron chi connectivity index (χ4n) is 2.93. The van der Waals surface area contributed by atoms with Crippen LogP contribution in [0.25, 0.3) is 0 Å². The average Bonchev–Trinajstić information content (AvgIpc) is 3.06. The molecule has 0 saturated carbocycles. The molecule has 1 saturated heterocycles. The third-order valence-corrected chi connectivity index (χ3v) is 5.24. The van der Waals surface area contributed by atoms with Gasteiger partial charge in [0.2, 0.25) is 5.91 Å². The van der Waals surface area contributed by atoms with E-state index in [2.05, 4.69) is 22.8 Å². The molecule has 1 aromatic rings. The van der Waals surface area contributed by atoms with Crippen molar-refractivity contribution in [3.63, 3.8) is 0 Å². The third-order valence-electron chi connectivity index (χ3n) is 4.31. The highest BCUT2D eigenvalue weighted by molar-refractivity contribution is 7.09. The van der Waals surface area contributed by atoms with Crippen LogP contribution in [0.3, 0.4) is 0 Å². The lowest BCUT2D eigenvalue weighted by Gasteiger charge is -2.35. The Morgan fingerprint density at radius 3 is 2.91 bits per heavy atom. The largest absolute Gasteiger partial charge is 0.349 e. The summed E-state index contributed by atoms with van der Waals surface area (Å²) in [5, 5.41) is 5.00. The number of thiophene rings is 1. The molecular weight excluding hydrogens is 310 g/mol. The molecule has 1 N–H and O–H groups in total. The van der Waals surface area contributed by atoms with E-state index in [-0.39, 0.29) is 11.9 Å². The number of nitrogens with one attached hydrogen (secondary N) is 1. The van der Waals surface area contributed by atoms with E-state index < -0.39 is 0 Å². The lowest BCUT2D eigenvalue weighted by molar-refractivity contribution is -0.128. The highest BCUT2D eigenvalue weighted by atomic mass is 32.1. The molecule has 1 aliphatic heterocycles. The number of carbonyl (C=O) groups is 2. The van der Waals surface area contributed by atoms with E-state index in [0.717, 1.165) is 32.2 Å². The number of carbonyl (C=O) groups excluding carboxylic acids is 2. The zero-order chi connectivity index (χ0) is 16.7. The summed E-state index contributed by atoms with van der Waals surface area (Å²) in [5.74, 6) is 0.0400. The van der Waals surface area contributed by atoms with Crippen LogP contribution in [0.4, 0.5) is 4.79 Å². The zero-order valence-corrected chi connectivity index (χ0v) is 14.9. The Balaban J connectivity index is 1.79. The minimum absolute atomic E-state index is 0.0209. The van der Waals surface area contributed by atoms with Gasteiger partial charge in [-0.25, -0.2) is 4.79 Å². The van der Waals surface area contributed by atoms with Gasteiger partial charge in [0, 0.05) is 44.5 Å². The minimum Gasteiger partial charge on any atom is -0.349 e. The average molecular weight is 337 g/mol. The van der Waals surface area contributed by atoms with Gasteiger partial charge < -0.3 is 15.1 Å². The molecule has 6 heteroatoms. The third kappa shape index (κ3) is 5.53. The predicted molar refractivity (Wildman–Crippen MR) is 93.7 cm³/mol. The number of hydrogen-bond acceptors (Lipinski definition) is 3. The summed E-state index contributed by atoms with van der Waals surface area (Å²) in [6.45, 7) is 1.23. The Bertz CT molecular complexity index is 502. The Kier molecular flexibility index (Phi) is 6.89. The Morgan fingerprint density at radius 2 is 2.22 bits per heavy atom. The van der Waals surface area contributed by atoms with E-state index in [1.807, 2.05) is 4.90 Å². The molecule has 0 aliphatic carbocycles. The molecule has 1 aliphatic rings. The molecule has 0 bridgehead atoms. The van der Waals surface area contributed by atoms with Crippen molar-refractivity contribution in [1.82, 2.24) is 15.1 Å². The van der Waals surface area contributed by atoms with Gasteiger partial charge in [0.15, 0.2) is 0 Å². The highest BCUT2D eigenvalue weighted by Crippen LogP contribution is 2.22. The molecule has 2 rings (SSSR count). The van der Waals surface area contributed by atoms with Crippen LogP contribution < -0.4 is 5.32 Å². The fraction of sp³-hybridized carbons (Fsp3) is 0.647. The van der Waals surface area contributed by atoms with Crippen molar-refractivity contribution >= 4 is 23.3 Å². The molecule has 0 spiro atoms. The smallest absolute Gasteiger partial charge is 0.317 e. The number of nitrogens with zero attached hydrogens (tertiary/aromatic N) is 2. The molecule has 128 valence electrons. The molecule has 1 unspecified atom stereocenters. The van der Waals surface area contributed by atoms with Gasteiger partial charge in [0.25, 0.3) is 0 Å². The summed E-state index contributed by atoms with van der Waals surface area (Å²) in [6, 6.07) is 4.53. The van der Waals surface area contributed by atoms with Crippen LogP contribution in [0, 0.1) is 0 Å². The number of aryl methyl sites for hydroxylation is 1. The van der Waals surface area contributed by atoms with Gasteiger partial charge in [-0.15, -0.1) is 11.3 Å². The molecule has 0 radical (unpaired) electrons. The SMILES string of the molecule is CN(C)C(=O)CCNC(=O)N1CCCCC1CCc1cccs1. The second kappa shape index (κ2) is 8.91. The lowest BCUT2D eigenvalue weighted by atomic mass is 9.98. The Hall–Kier alpha value is -1.56. The Morgan fingerprint density at radius 1 is 1.39 bits per heavy atom. The van der Waals surface area contributed by atoms with Crippen LogP contribution >= 0.6 is 11.3 Å². The molecule has 0 aromatic carbocycles. The molecule has 1 fully saturated rings. The molecule has 2 heterocycles. The highest BCUT2D eigenvalue weighted by Gasteiger charge is 2.26. The van der Waals surface area contributed by atoms with Crippen LogP contribution in [0.15, 0.2) is 17.5 Å². The van der Waals surface area contributed by atoms with Gasteiger partial charge in [-0.2, -0.15) is 0 Å².